The average Bonchev–Trinajstić information content (AvgIpc) is 2.97. The average molecular weight is 360 g/mol. The van der Waals surface area contributed by atoms with Gasteiger partial charge in [-0.15, -0.1) is 0 Å². The predicted octanol–water partition coefficient (Wildman–Crippen LogP) is 3.23. The van der Waals surface area contributed by atoms with Crippen LogP contribution in [-0.2, 0) is 4.79 Å². The Balaban J connectivity index is 1.59. The van der Waals surface area contributed by atoms with Crippen molar-refractivity contribution in [2.75, 3.05) is 37.0 Å². The molecule has 0 saturated carbocycles. The maximum absolute atomic E-state index is 12.5. The lowest BCUT2D eigenvalue weighted by Gasteiger charge is -2.18. The fraction of sp³-hybridized carbons (Fsp3) is 0.222. The van der Waals surface area contributed by atoms with Crippen LogP contribution in [0.4, 0.5) is 16.2 Å². The molecule has 1 fully saturated rings. The van der Waals surface area contributed by atoms with Crippen LogP contribution in [0.2, 0.25) is 5.02 Å². The molecule has 1 aliphatic rings. The number of amides is 3. The van der Waals surface area contributed by atoms with Gasteiger partial charge in [-0.2, -0.15) is 0 Å². The molecule has 0 spiro atoms. The van der Waals surface area contributed by atoms with Crippen molar-refractivity contribution in [2.45, 2.75) is 0 Å². The first kappa shape index (κ1) is 17.1. The van der Waals surface area contributed by atoms with E-state index in [2.05, 4.69) is 5.32 Å². The van der Waals surface area contributed by atoms with Crippen molar-refractivity contribution in [2.24, 2.45) is 0 Å². The van der Waals surface area contributed by atoms with Crippen LogP contribution in [0, 0.1) is 0 Å². The van der Waals surface area contributed by atoms with Crippen molar-refractivity contribution in [3.63, 3.8) is 0 Å². The Hall–Kier alpha value is -2.73. The number of rotatable bonds is 5. The lowest BCUT2D eigenvalue weighted by molar-refractivity contribution is -0.116. The highest BCUT2D eigenvalue weighted by Gasteiger charge is 2.30. The molecular weight excluding hydrogens is 342 g/mol. The van der Waals surface area contributed by atoms with Crippen LogP contribution >= 0.6 is 11.6 Å². The number of halogens is 1. The Morgan fingerprint density at radius 1 is 1.12 bits per heavy atom. The normalized spacial score (nSPS) is 13.9. The lowest BCUT2D eigenvalue weighted by Crippen LogP contribution is -2.37. The summed E-state index contributed by atoms with van der Waals surface area (Å²) < 4.78 is 5.12. The predicted molar refractivity (Wildman–Crippen MR) is 97.4 cm³/mol. The molecule has 7 heteroatoms. The molecule has 3 amide bonds. The summed E-state index contributed by atoms with van der Waals surface area (Å²) in [6.45, 7) is 1.05. The van der Waals surface area contributed by atoms with Crippen molar-refractivity contribution in [3.8, 4) is 5.75 Å². The summed E-state index contributed by atoms with van der Waals surface area (Å²) in [6, 6.07) is 13.9. The van der Waals surface area contributed by atoms with Gasteiger partial charge < -0.3 is 15.0 Å². The fourth-order valence-corrected chi connectivity index (χ4v) is 2.76. The molecule has 0 aromatic heterocycles. The number of carbonyl (C=O) groups is 2. The highest BCUT2D eigenvalue weighted by Crippen LogP contribution is 2.23. The topological polar surface area (TPSA) is 61.9 Å². The second-order valence-electron chi connectivity index (χ2n) is 5.61. The second-order valence-corrected chi connectivity index (χ2v) is 6.05. The van der Waals surface area contributed by atoms with Crippen LogP contribution in [0.15, 0.2) is 48.5 Å². The van der Waals surface area contributed by atoms with E-state index in [1.807, 2.05) is 12.1 Å². The van der Waals surface area contributed by atoms with Gasteiger partial charge in [0.2, 0.25) is 5.91 Å². The number of ether oxygens (including phenoxy) is 1. The van der Waals surface area contributed by atoms with Crippen molar-refractivity contribution in [3.05, 3.63) is 53.6 Å². The van der Waals surface area contributed by atoms with Crippen molar-refractivity contribution in [1.82, 2.24) is 4.90 Å². The second kappa shape index (κ2) is 7.44. The third-order valence-electron chi connectivity index (χ3n) is 3.94. The summed E-state index contributed by atoms with van der Waals surface area (Å²) in [4.78, 5) is 27.8. The van der Waals surface area contributed by atoms with Crippen LogP contribution in [-0.4, -0.2) is 43.6 Å². The minimum Gasteiger partial charge on any atom is -0.497 e. The lowest BCUT2D eigenvalue weighted by atomic mass is 10.3. The molecule has 6 nitrogen and oxygen atoms in total. The molecule has 0 bridgehead atoms. The number of methoxy groups -OCH3 is 1. The van der Waals surface area contributed by atoms with Crippen molar-refractivity contribution < 1.29 is 14.3 Å². The highest BCUT2D eigenvalue weighted by molar-refractivity contribution is 6.30. The zero-order chi connectivity index (χ0) is 17.8. The van der Waals surface area contributed by atoms with E-state index in [-0.39, 0.29) is 18.5 Å². The smallest absolute Gasteiger partial charge is 0.325 e. The number of hydrogen-bond donors (Lipinski definition) is 1. The van der Waals surface area contributed by atoms with E-state index < -0.39 is 0 Å². The van der Waals surface area contributed by atoms with Crippen molar-refractivity contribution >= 4 is 34.9 Å². The molecule has 0 atom stereocenters. The number of nitrogens with zero attached hydrogens (tertiary/aromatic N) is 2. The van der Waals surface area contributed by atoms with Crippen LogP contribution in [0.3, 0.4) is 0 Å². The summed E-state index contributed by atoms with van der Waals surface area (Å²) in [5.74, 6) is 0.488. The highest BCUT2D eigenvalue weighted by atomic mass is 35.5. The third kappa shape index (κ3) is 4.03. The van der Waals surface area contributed by atoms with Gasteiger partial charge >= 0.3 is 6.03 Å². The SMILES string of the molecule is COc1ccc(N2CCN(CC(=O)Nc3ccc(Cl)cc3)C2=O)cc1. The van der Waals surface area contributed by atoms with Gasteiger partial charge in [0.05, 0.1) is 7.11 Å². The fourth-order valence-electron chi connectivity index (χ4n) is 2.64. The van der Waals surface area contributed by atoms with E-state index >= 15 is 0 Å². The van der Waals surface area contributed by atoms with E-state index in [1.165, 1.54) is 4.90 Å². The van der Waals surface area contributed by atoms with E-state index in [1.54, 1.807) is 48.4 Å². The van der Waals surface area contributed by atoms with Crippen LogP contribution in [0.25, 0.3) is 0 Å². The minimum atomic E-state index is -0.243. The Morgan fingerprint density at radius 3 is 2.44 bits per heavy atom. The molecule has 1 saturated heterocycles. The molecule has 1 heterocycles. The van der Waals surface area contributed by atoms with Crippen LogP contribution < -0.4 is 15.0 Å². The number of anilines is 2. The zero-order valence-corrected chi connectivity index (χ0v) is 14.5. The molecule has 1 aliphatic heterocycles. The molecule has 0 aliphatic carbocycles. The van der Waals surface area contributed by atoms with E-state index in [0.717, 1.165) is 11.4 Å². The maximum Gasteiger partial charge on any atom is 0.325 e. The van der Waals surface area contributed by atoms with Gasteiger partial charge in [0.25, 0.3) is 0 Å². The third-order valence-corrected chi connectivity index (χ3v) is 4.19. The Bertz CT molecular complexity index is 762. The summed E-state index contributed by atoms with van der Waals surface area (Å²) in [5, 5.41) is 3.36. The molecular formula is C18H18ClN3O3. The van der Waals surface area contributed by atoms with Gasteiger partial charge in [-0.25, -0.2) is 4.79 Å². The quantitative estimate of drug-likeness (QED) is 0.891. The summed E-state index contributed by atoms with van der Waals surface area (Å²) in [5.41, 5.74) is 1.43. The van der Waals surface area contributed by atoms with Gasteiger partial charge in [0.1, 0.15) is 12.3 Å². The summed E-state index contributed by atoms with van der Waals surface area (Å²) in [6.07, 6.45) is 0. The molecule has 0 unspecified atom stereocenters. The monoisotopic (exact) mass is 359 g/mol. The number of nitrogens with one attached hydrogen (secondary N) is 1. The minimum absolute atomic E-state index is 0.00805. The van der Waals surface area contributed by atoms with E-state index in [4.69, 9.17) is 16.3 Å². The summed E-state index contributed by atoms with van der Waals surface area (Å²) in [7, 11) is 1.59. The first-order valence-corrected chi connectivity index (χ1v) is 8.20. The maximum atomic E-state index is 12.5. The molecule has 25 heavy (non-hydrogen) atoms. The number of benzene rings is 2. The van der Waals surface area contributed by atoms with Gasteiger partial charge in [-0.05, 0) is 48.5 Å². The Kier molecular flexibility index (Phi) is 5.09. The van der Waals surface area contributed by atoms with E-state index in [0.29, 0.717) is 23.8 Å². The Labute approximate surface area is 150 Å². The van der Waals surface area contributed by atoms with Crippen molar-refractivity contribution in [1.29, 1.82) is 0 Å². The van der Waals surface area contributed by atoms with E-state index in [9.17, 15) is 9.59 Å². The molecule has 2 aromatic rings. The van der Waals surface area contributed by atoms with Gasteiger partial charge in [-0.3, -0.25) is 9.69 Å². The zero-order valence-electron chi connectivity index (χ0n) is 13.7. The van der Waals surface area contributed by atoms with Crippen LogP contribution in [0.1, 0.15) is 0 Å². The Morgan fingerprint density at radius 2 is 1.80 bits per heavy atom. The first-order chi connectivity index (χ1) is 12.1. The molecule has 3 rings (SSSR count). The standard InChI is InChI=1S/C18H18ClN3O3/c1-25-16-8-6-15(7-9-16)22-11-10-21(18(22)24)12-17(23)20-14-4-2-13(19)3-5-14/h2-9H,10-12H2,1H3,(H,20,23). The van der Waals surface area contributed by atoms with Gasteiger partial charge in [0.15, 0.2) is 0 Å². The van der Waals surface area contributed by atoms with Crippen LogP contribution in [0.5, 0.6) is 5.75 Å². The van der Waals surface area contributed by atoms with Gasteiger partial charge in [-0.1, -0.05) is 11.6 Å². The first-order valence-electron chi connectivity index (χ1n) is 7.83. The largest absolute Gasteiger partial charge is 0.497 e. The number of urea groups is 1. The van der Waals surface area contributed by atoms with Gasteiger partial charge in [0, 0.05) is 29.5 Å². The molecule has 1 N–H and O–H groups in total. The number of hydrogen-bond acceptors (Lipinski definition) is 3. The molecule has 2 aromatic carbocycles. The molecule has 130 valence electrons. The number of carbonyl (C=O) groups excluding carboxylic acids is 2. The summed E-state index contributed by atoms with van der Waals surface area (Å²) >= 11 is 5.82. The molecule has 0 radical (unpaired) electrons.